The van der Waals surface area contributed by atoms with Crippen LogP contribution in [-0.4, -0.2) is 28.1 Å². The van der Waals surface area contributed by atoms with E-state index in [1.54, 1.807) is 14.0 Å². The van der Waals surface area contributed by atoms with Gasteiger partial charge in [0.25, 0.3) is 0 Å². The summed E-state index contributed by atoms with van der Waals surface area (Å²) in [5.74, 6) is -4.19. The summed E-state index contributed by atoms with van der Waals surface area (Å²) in [5.41, 5.74) is 0. The maximum atomic E-state index is 13.3. The van der Waals surface area contributed by atoms with Gasteiger partial charge in [-0.25, -0.2) is 26.3 Å². The van der Waals surface area contributed by atoms with Gasteiger partial charge in [0.2, 0.25) is 10.0 Å². The molecular formula is C10H13F3N2O2S. The fourth-order valence-electron chi connectivity index (χ4n) is 1.12. The van der Waals surface area contributed by atoms with E-state index in [1.165, 1.54) is 0 Å². The zero-order valence-corrected chi connectivity index (χ0v) is 10.6. The minimum absolute atomic E-state index is 0.00271. The number of nitrogens with one attached hydrogen (secondary N) is 2. The molecule has 0 aliphatic carbocycles. The van der Waals surface area contributed by atoms with E-state index in [9.17, 15) is 21.6 Å². The molecule has 18 heavy (non-hydrogen) atoms. The van der Waals surface area contributed by atoms with E-state index in [1.807, 2.05) is 0 Å². The van der Waals surface area contributed by atoms with Crippen molar-refractivity contribution in [3.63, 3.8) is 0 Å². The molecule has 1 atom stereocenters. The predicted octanol–water partition coefficient (Wildman–Crippen LogP) is 0.990. The van der Waals surface area contributed by atoms with Crippen LogP contribution in [0.15, 0.2) is 17.0 Å². The Morgan fingerprint density at radius 1 is 1.17 bits per heavy atom. The molecule has 2 N–H and O–H groups in total. The highest BCUT2D eigenvalue weighted by molar-refractivity contribution is 7.89. The Morgan fingerprint density at radius 3 is 2.28 bits per heavy atom. The smallest absolute Gasteiger partial charge is 0.243 e. The second-order valence-corrected chi connectivity index (χ2v) is 5.47. The van der Waals surface area contributed by atoms with Crippen LogP contribution in [0.1, 0.15) is 6.92 Å². The highest BCUT2D eigenvalue weighted by Crippen LogP contribution is 2.18. The Kier molecular flexibility index (Phi) is 4.71. The van der Waals surface area contributed by atoms with Crippen LogP contribution in [0.4, 0.5) is 13.2 Å². The van der Waals surface area contributed by atoms with E-state index in [2.05, 4.69) is 10.0 Å². The van der Waals surface area contributed by atoms with Crippen molar-refractivity contribution in [3.05, 3.63) is 29.6 Å². The van der Waals surface area contributed by atoms with Crippen LogP contribution in [0.25, 0.3) is 0 Å². The van der Waals surface area contributed by atoms with E-state index in [4.69, 9.17) is 0 Å². The molecule has 0 bridgehead atoms. The van der Waals surface area contributed by atoms with Gasteiger partial charge >= 0.3 is 0 Å². The van der Waals surface area contributed by atoms with E-state index in [0.717, 1.165) is 0 Å². The molecule has 1 aromatic rings. The molecule has 0 aliphatic rings. The molecule has 8 heteroatoms. The standard InChI is InChI=1S/C10H13F3N2O2S/c1-6(14-2)5-15-18(16,17)10-4-8(12)7(11)3-9(10)13/h3-4,6,14-15H,5H2,1-2H3. The lowest BCUT2D eigenvalue weighted by molar-refractivity contribution is 0.480. The first-order valence-electron chi connectivity index (χ1n) is 5.09. The lowest BCUT2D eigenvalue weighted by Crippen LogP contribution is -2.37. The van der Waals surface area contributed by atoms with Gasteiger partial charge in [-0.1, -0.05) is 0 Å². The summed E-state index contributed by atoms with van der Waals surface area (Å²) in [6.45, 7) is 1.70. The van der Waals surface area contributed by atoms with Gasteiger partial charge in [-0.15, -0.1) is 0 Å². The van der Waals surface area contributed by atoms with Gasteiger partial charge in [0, 0.05) is 18.7 Å². The number of rotatable bonds is 5. The SMILES string of the molecule is CNC(C)CNS(=O)(=O)c1cc(F)c(F)cc1F. The van der Waals surface area contributed by atoms with Crippen LogP contribution < -0.4 is 10.0 Å². The van der Waals surface area contributed by atoms with Gasteiger partial charge in [0.05, 0.1) is 0 Å². The Labute approximate surface area is 103 Å². The normalized spacial score (nSPS) is 13.6. The van der Waals surface area contributed by atoms with Crippen LogP contribution in [-0.2, 0) is 10.0 Å². The summed E-state index contributed by atoms with van der Waals surface area (Å²) in [6.07, 6.45) is 0. The molecule has 0 saturated carbocycles. The fraction of sp³-hybridized carbons (Fsp3) is 0.400. The van der Waals surface area contributed by atoms with Gasteiger partial charge in [-0.2, -0.15) is 0 Å². The van der Waals surface area contributed by atoms with Crippen LogP contribution in [0.2, 0.25) is 0 Å². The minimum Gasteiger partial charge on any atom is -0.316 e. The maximum absolute atomic E-state index is 13.3. The van der Waals surface area contributed by atoms with E-state index < -0.39 is 32.4 Å². The molecule has 1 unspecified atom stereocenters. The lowest BCUT2D eigenvalue weighted by atomic mass is 10.3. The third-order valence-electron chi connectivity index (χ3n) is 2.34. The van der Waals surface area contributed by atoms with Crippen molar-refractivity contribution in [1.29, 1.82) is 0 Å². The van der Waals surface area contributed by atoms with E-state index in [0.29, 0.717) is 6.07 Å². The average molecular weight is 282 g/mol. The highest BCUT2D eigenvalue weighted by Gasteiger charge is 2.22. The predicted molar refractivity (Wildman–Crippen MR) is 60.0 cm³/mol. The van der Waals surface area contributed by atoms with Crippen LogP contribution in [0.3, 0.4) is 0 Å². The number of halogens is 3. The van der Waals surface area contributed by atoms with E-state index >= 15 is 0 Å². The molecule has 4 nitrogen and oxygen atoms in total. The van der Waals surface area contributed by atoms with Gasteiger partial charge in [0.15, 0.2) is 11.6 Å². The molecule has 1 aromatic carbocycles. The van der Waals surface area contributed by atoms with Gasteiger partial charge in [-0.05, 0) is 20.0 Å². The zero-order valence-electron chi connectivity index (χ0n) is 9.80. The Balaban J connectivity index is 3.02. The van der Waals surface area contributed by atoms with Gasteiger partial charge in [0.1, 0.15) is 10.7 Å². The van der Waals surface area contributed by atoms with Crippen LogP contribution in [0, 0.1) is 17.5 Å². The molecule has 0 aliphatic heterocycles. The zero-order chi connectivity index (χ0) is 13.9. The molecule has 0 fully saturated rings. The first-order valence-corrected chi connectivity index (χ1v) is 6.57. The molecule has 0 amide bonds. The topological polar surface area (TPSA) is 58.2 Å². The average Bonchev–Trinajstić information content (AvgIpc) is 2.30. The largest absolute Gasteiger partial charge is 0.316 e. The summed E-state index contributed by atoms with van der Waals surface area (Å²) < 4.78 is 64.3. The molecule has 0 radical (unpaired) electrons. The molecular weight excluding hydrogens is 269 g/mol. The quantitative estimate of drug-likeness (QED) is 0.792. The summed E-state index contributed by atoms with van der Waals surface area (Å²) in [4.78, 5) is -0.912. The molecule has 0 spiro atoms. The number of benzene rings is 1. The number of hydrogen-bond donors (Lipinski definition) is 2. The van der Waals surface area contributed by atoms with E-state index in [-0.39, 0.29) is 18.7 Å². The lowest BCUT2D eigenvalue weighted by Gasteiger charge is -2.12. The molecule has 0 saturated heterocycles. The minimum atomic E-state index is -4.21. The number of likely N-dealkylation sites (N-methyl/N-ethyl adjacent to an activating group) is 1. The third kappa shape index (κ3) is 3.44. The van der Waals surface area contributed by atoms with Crippen molar-refractivity contribution in [1.82, 2.24) is 10.0 Å². The number of hydrogen-bond acceptors (Lipinski definition) is 3. The van der Waals surface area contributed by atoms with Gasteiger partial charge < -0.3 is 5.32 Å². The first kappa shape index (κ1) is 14.9. The summed E-state index contributed by atoms with van der Waals surface area (Å²) in [5, 5.41) is 2.77. The van der Waals surface area contributed by atoms with Crippen molar-refractivity contribution in [3.8, 4) is 0 Å². The van der Waals surface area contributed by atoms with Crippen molar-refractivity contribution < 1.29 is 21.6 Å². The number of sulfonamides is 1. The third-order valence-corrected chi connectivity index (χ3v) is 3.78. The van der Waals surface area contributed by atoms with Crippen LogP contribution >= 0.6 is 0 Å². The van der Waals surface area contributed by atoms with Crippen molar-refractivity contribution >= 4 is 10.0 Å². The summed E-state index contributed by atoms with van der Waals surface area (Å²) in [6, 6.07) is 0.329. The van der Waals surface area contributed by atoms with Crippen molar-refractivity contribution in [2.75, 3.05) is 13.6 Å². The highest BCUT2D eigenvalue weighted by atomic mass is 32.2. The van der Waals surface area contributed by atoms with Crippen molar-refractivity contribution in [2.24, 2.45) is 0 Å². The van der Waals surface area contributed by atoms with Crippen LogP contribution in [0.5, 0.6) is 0 Å². The summed E-state index contributed by atoms with van der Waals surface area (Å²) in [7, 11) is -2.58. The first-order chi connectivity index (χ1) is 8.27. The van der Waals surface area contributed by atoms with Crippen molar-refractivity contribution in [2.45, 2.75) is 17.9 Å². The Morgan fingerprint density at radius 2 is 1.72 bits per heavy atom. The fourth-order valence-corrected chi connectivity index (χ4v) is 2.32. The Hall–Kier alpha value is -1.12. The molecule has 1 rings (SSSR count). The monoisotopic (exact) mass is 282 g/mol. The van der Waals surface area contributed by atoms with Gasteiger partial charge in [-0.3, -0.25) is 0 Å². The Bertz CT molecular complexity index is 534. The second-order valence-electron chi connectivity index (χ2n) is 3.74. The molecule has 102 valence electrons. The maximum Gasteiger partial charge on any atom is 0.243 e. The molecule has 0 heterocycles. The summed E-state index contributed by atoms with van der Waals surface area (Å²) >= 11 is 0. The molecule has 0 aromatic heterocycles. The second kappa shape index (κ2) is 5.68.